The van der Waals surface area contributed by atoms with Gasteiger partial charge in [0, 0.05) is 5.56 Å². The lowest BCUT2D eigenvalue weighted by Gasteiger charge is -2.05. The molecule has 0 radical (unpaired) electrons. The van der Waals surface area contributed by atoms with E-state index in [-0.39, 0.29) is 0 Å². The summed E-state index contributed by atoms with van der Waals surface area (Å²) in [5.74, 6) is -2.74. The molecule has 0 heterocycles. The second kappa shape index (κ2) is 5.08. The van der Waals surface area contributed by atoms with Crippen LogP contribution in [0.1, 0.15) is 15.9 Å². The molecule has 0 aromatic heterocycles. The SMILES string of the molecule is COC(=O)[C@@H](C#N)C(=O)c1ccc(C)cc1. The summed E-state index contributed by atoms with van der Waals surface area (Å²) in [7, 11) is 1.15. The number of ether oxygens (including phenoxy) is 1. The second-order valence-electron chi connectivity index (χ2n) is 3.32. The Balaban J connectivity index is 2.97. The van der Waals surface area contributed by atoms with Gasteiger partial charge in [-0.2, -0.15) is 5.26 Å². The molecule has 1 atom stereocenters. The number of methoxy groups -OCH3 is 1. The summed E-state index contributed by atoms with van der Waals surface area (Å²) in [6.07, 6.45) is 0. The number of nitriles is 1. The number of carbonyl (C=O) groups excluding carboxylic acids is 2. The molecule has 4 nitrogen and oxygen atoms in total. The van der Waals surface area contributed by atoms with Gasteiger partial charge in [-0.1, -0.05) is 29.8 Å². The molecule has 1 rings (SSSR count). The highest BCUT2D eigenvalue weighted by Crippen LogP contribution is 2.11. The van der Waals surface area contributed by atoms with E-state index in [9.17, 15) is 9.59 Å². The van der Waals surface area contributed by atoms with E-state index in [0.29, 0.717) is 5.56 Å². The van der Waals surface area contributed by atoms with Gasteiger partial charge in [0.15, 0.2) is 5.78 Å². The van der Waals surface area contributed by atoms with Crippen LogP contribution in [0.4, 0.5) is 0 Å². The molecule has 82 valence electrons. The molecule has 0 aliphatic carbocycles. The van der Waals surface area contributed by atoms with Crippen molar-refractivity contribution in [3.8, 4) is 6.07 Å². The van der Waals surface area contributed by atoms with Crippen LogP contribution in [-0.4, -0.2) is 18.9 Å². The number of ketones is 1. The number of hydrogen-bond acceptors (Lipinski definition) is 4. The van der Waals surface area contributed by atoms with Crippen molar-refractivity contribution in [2.75, 3.05) is 7.11 Å². The molecule has 0 bridgehead atoms. The molecule has 0 amide bonds. The minimum atomic E-state index is -1.38. The molecular weight excluding hydrogens is 206 g/mol. The first kappa shape index (κ1) is 11.9. The normalized spacial score (nSPS) is 11.3. The Morgan fingerprint density at radius 2 is 1.88 bits per heavy atom. The number of hydrogen-bond donors (Lipinski definition) is 0. The van der Waals surface area contributed by atoms with Crippen LogP contribution in [0.25, 0.3) is 0 Å². The van der Waals surface area contributed by atoms with Gasteiger partial charge >= 0.3 is 5.97 Å². The number of esters is 1. The topological polar surface area (TPSA) is 67.2 Å². The number of nitrogens with zero attached hydrogens (tertiary/aromatic N) is 1. The first-order chi connectivity index (χ1) is 7.60. The minimum absolute atomic E-state index is 0.336. The van der Waals surface area contributed by atoms with Crippen molar-refractivity contribution in [1.29, 1.82) is 5.26 Å². The fourth-order valence-electron chi connectivity index (χ4n) is 1.22. The van der Waals surface area contributed by atoms with E-state index in [0.717, 1.165) is 12.7 Å². The average Bonchev–Trinajstić information content (AvgIpc) is 2.30. The third kappa shape index (κ3) is 2.45. The van der Waals surface area contributed by atoms with Crippen molar-refractivity contribution in [2.24, 2.45) is 5.92 Å². The van der Waals surface area contributed by atoms with Gasteiger partial charge in [0.1, 0.15) is 0 Å². The molecule has 0 saturated carbocycles. The Morgan fingerprint density at radius 1 is 1.31 bits per heavy atom. The van der Waals surface area contributed by atoms with Crippen LogP contribution in [-0.2, 0) is 9.53 Å². The quantitative estimate of drug-likeness (QED) is 0.437. The van der Waals surface area contributed by atoms with Crippen molar-refractivity contribution in [3.05, 3.63) is 35.4 Å². The van der Waals surface area contributed by atoms with E-state index in [1.54, 1.807) is 30.3 Å². The van der Waals surface area contributed by atoms with Gasteiger partial charge in [0.05, 0.1) is 13.2 Å². The highest BCUT2D eigenvalue weighted by Gasteiger charge is 2.28. The van der Waals surface area contributed by atoms with Crippen LogP contribution in [0.15, 0.2) is 24.3 Å². The van der Waals surface area contributed by atoms with E-state index < -0.39 is 17.7 Å². The van der Waals surface area contributed by atoms with Crippen molar-refractivity contribution < 1.29 is 14.3 Å². The molecule has 0 fully saturated rings. The first-order valence-electron chi connectivity index (χ1n) is 4.68. The standard InChI is InChI=1S/C12H11NO3/c1-8-3-5-9(6-4-8)11(14)10(7-13)12(15)16-2/h3-6,10H,1-2H3/t10-/m0/s1. The minimum Gasteiger partial charge on any atom is -0.468 e. The van der Waals surface area contributed by atoms with Crippen LogP contribution in [0, 0.1) is 24.2 Å². The van der Waals surface area contributed by atoms with Crippen LogP contribution in [0.3, 0.4) is 0 Å². The maximum absolute atomic E-state index is 11.8. The lowest BCUT2D eigenvalue weighted by molar-refractivity contribution is -0.141. The maximum atomic E-state index is 11.8. The van der Waals surface area contributed by atoms with E-state index in [1.165, 1.54) is 0 Å². The van der Waals surface area contributed by atoms with Crippen LogP contribution >= 0.6 is 0 Å². The number of aryl methyl sites for hydroxylation is 1. The second-order valence-corrected chi connectivity index (χ2v) is 3.32. The van der Waals surface area contributed by atoms with Gasteiger partial charge in [-0.25, -0.2) is 0 Å². The number of benzene rings is 1. The predicted octanol–water partition coefficient (Wildman–Crippen LogP) is 1.49. The zero-order valence-corrected chi connectivity index (χ0v) is 9.06. The molecule has 0 unspecified atom stereocenters. The summed E-state index contributed by atoms with van der Waals surface area (Å²) in [6.45, 7) is 1.89. The number of rotatable bonds is 3. The maximum Gasteiger partial charge on any atom is 0.331 e. The predicted molar refractivity (Wildman–Crippen MR) is 56.6 cm³/mol. The number of carbonyl (C=O) groups is 2. The van der Waals surface area contributed by atoms with Crippen molar-refractivity contribution >= 4 is 11.8 Å². The molecule has 4 heteroatoms. The Bertz CT molecular complexity index is 442. The van der Waals surface area contributed by atoms with Gasteiger partial charge in [0.25, 0.3) is 0 Å². The summed E-state index contributed by atoms with van der Waals surface area (Å²) in [5, 5.41) is 8.74. The summed E-state index contributed by atoms with van der Waals surface area (Å²) in [6, 6.07) is 8.32. The zero-order valence-electron chi connectivity index (χ0n) is 9.06. The highest BCUT2D eigenvalue weighted by molar-refractivity contribution is 6.10. The lowest BCUT2D eigenvalue weighted by Crippen LogP contribution is -2.23. The van der Waals surface area contributed by atoms with Crippen LogP contribution in [0.2, 0.25) is 0 Å². The van der Waals surface area contributed by atoms with E-state index in [4.69, 9.17) is 5.26 Å². The summed E-state index contributed by atoms with van der Waals surface area (Å²) in [5.41, 5.74) is 1.34. The van der Waals surface area contributed by atoms with Gasteiger partial charge < -0.3 is 4.74 Å². The van der Waals surface area contributed by atoms with Gasteiger partial charge in [-0.3, -0.25) is 9.59 Å². The Labute approximate surface area is 93.5 Å². The molecule has 0 spiro atoms. The van der Waals surface area contributed by atoms with Gasteiger partial charge in [-0.15, -0.1) is 0 Å². The molecule has 16 heavy (non-hydrogen) atoms. The molecule has 0 N–H and O–H groups in total. The summed E-state index contributed by atoms with van der Waals surface area (Å²) in [4.78, 5) is 22.9. The van der Waals surface area contributed by atoms with Crippen molar-refractivity contribution in [3.63, 3.8) is 0 Å². The largest absolute Gasteiger partial charge is 0.468 e. The monoisotopic (exact) mass is 217 g/mol. The smallest absolute Gasteiger partial charge is 0.331 e. The van der Waals surface area contributed by atoms with Crippen LogP contribution < -0.4 is 0 Å². The third-order valence-corrected chi connectivity index (χ3v) is 2.16. The Morgan fingerprint density at radius 3 is 2.31 bits per heavy atom. The van der Waals surface area contributed by atoms with Crippen molar-refractivity contribution in [2.45, 2.75) is 6.92 Å². The summed E-state index contributed by atoms with van der Waals surface area (Å²) >= 11 is 0. The average molecular weight is 217 g/mol. The Kier molecular flexibility index (Phi) is 3.78. The highest BCUT2D eigenvalue weighted by atomic mass is 16.5. The third-order valence-electron chi connectivity index (χ3n) is 2.16. The molecule has 1 aromatic carbocycles. The molecule has 1 aromatic rings. The first-order valence-corrected chi connectivity index (χ1v) is 4.68. The number of Topliss-reactive ketones (excluding diaryl/α,β-unsaturated/α-hetero) is 1. The zero-order chi connectivity index (χ0) is 12.1. The van der Waals surface area contributed by atoms with E-state index in [1.807, 2.05) is 6.92 Å². The fourth-order valence-corrected chi connectivity index (χ4v) is 1.22. The fraction of sp³-hybridized carbons (Fsp3) is 0.250. The molecular formula is C12H11NO3. The van der Waals surface area contributed by atoms with Gasteiger partial charge in [-0.05, 0) is 6.92 Å². The van der Waals surface area contributed by atoms with E-state index >= 15 is 0 Å². The Hall–Kier alpha value is -2.15. The lowest BCUT2D eigenvalue weighted by atomic mass is 9.98. The molecule has 0 aliphatic rings. The molecule has 0 aliphatic heterocycles. The van der Waals surface area contributed by atoms with Crippen LogP contribution in [0.5, 0.6) is 0 Å². The van der Waals surface area contributed by atoms with E-state index in [2.05, 4.69) is 4.74 Å². The van der Waals surface area contributed by atoms with Crippen molar-refractivity contribution in [1.82, 2.24) is 0 Å². The summed E-state index contributed by atoms with van der Waals surface area (Å²) < 4.78 is 4.39. The van der Waals surface area contributed by atoms with Gasteiger partial charge in [0.2, 0.25) is 5.92 Å². The molecule has 0 saturated heterocycles.